The quantitative estimate of drug-likeness (QED) is 0.685. The molecular weight excluding hydrogens is 220 g/mol. The van der Waals surface area contributed by atoms with Crippen LogP contribution >= 0.6 is 0 Å². The number of hydrogen-bond acceptors (Lipinski definition) is 4. The van der Waals surface area contributed by atoms with Gasteiger partial charge in [-0.2, -0.15) is 5.10 Å². The van der Waals surface area contributed by atoms with Gasteiger partial charge < -0.3 is 15.8 Å². The van der Waals surface area contributed by atoms with Crippen LogP contribution in [0.5, 0.6) is 0 Å². The van der Waals surface area contributed by atoms with E-state index in [2.05, 4.69) is 10.4 Å². The van der Waals surface area contributed by atoms with Gasteiger partial charge in [-0.25, -0.2) is 0 Å². The van der Waals surface area contributed by atoms with Crippen LogP contribution in [0.2, 0.25) is 0 Å². The highest BCUT2D eigenvalue weighted by Crippen LogP contribution is 2.09. The number of hydrogen-bond donors (Lipinski definition) is 2. The Labute approximate surface area is 101 Å². The van der Waals surface area contributed by atoms with E-state index in [0.29, 0.717) is 18.7 Å². The Morgan fingerprint density at radius 2 is 2.41 bits per heavy atom. The standard InChI is InChI=1S/C11H20N4O2/c1-3-6-15-8-9(10(12)14-15)11(16)13-5-4-7-17-2/h8H,3-7H2,1-2H3,(H2,12,14)(H,13,16). The van der Waals surface area contributed by atoms with Crippen molar-refractivity contribution in [2.75, 3.05) is 26.0 Å². The van der Waals surface area contributed by atoms with E-state index in [-0.39, 0.29) is 11.7 Å². The first-order valence-electron chi connectivity index (χ1n) is 5.79. The van der Waals surface area contributed by atoms with Crippen molar-refractivity contribution in [1.82, 2.24) is 15.1 Å². The van der Waals surface area contributed by atoms with Gasteiger partial charge in [0.25, 0.3) is 5.91 Å². The van der Waals surface area contributed by atoms with Crippen LogP contribution in [0.4, 0.5) is 5.82 Å². The topological polar surface area (TPSA) is 82.2 Å². The summed E-state index contributed by atoms with van der Waals surface area (Å²) in [4.78, 5) is 11.8. The number of amides is 1. The number of anilines is 1. The summed E-state index contributed by atoms with van der Waals surface area (Å²) in [5.41, 5.74) is 6.13. The second kappa shape index (κ2) is 6.90. The first-order valence-corrected chi connectivity index (χ1v) is 5.79. The molecule has 0 radical (unpaired) electrons. The third-order valence-corrected chi connectivity index (χ3v) is 2.30. The molecule has 1 amide bonds. The van der Waals surface area contributed by atoms with Gasteiger partial charge in [-0.05, 0) is 12.8 Å². The maximum atomic E-state index is 11.8. The fraction of sp³-hybridized carbons (Fsp3) is 0.636. The van der Waals surface area contributed by atoms with E-state index in [1.165, 1.54) is 0 Å². The Morgan fingerprint density at radius 1 is 1.65 bits per heavy atom. The highest BCUT2D eigenvalue weighted by molar-refractivity contribution is 5.98. The van der Waals surface area contributed by atoms with Crippen LogP contribution in [0.25, 0.3) is 0 Å². The van der Waals surface area contributed by atoms with Gasteiger partial charge in [0.2, 0.25) is 0 Å². The van der Waals surface area contributed by atoms with E-state index in [0.717, 1.165) is 19.4 Å². The minimum absolute atomic E-state index is 0.180. The van der Waals surface area contributed by atoms with Crippen LogP contribution in [0.1, 0.15) is 30.1 Å². The number of methoxy groups -OCH3 is 1. The molecule has 0 saturated heterocycles. The first kappa shape index (κ1) is 13.5. The van der Waals surface area contributed by atoms with Crippen molar-refractivity contribution >= 4 is 11.7 Å². The number of nitrogen functional groups attached to an aromatic ring is 1. The van der Waals surface area contributed by atoms with Gasteiger partial charge >= 0.3 is 0 Å². The highest BCUT2D eigenvalue weighted by atomic mass is 16.5. The minimum Gasteiger partial charge on any atom is -0.385 e. The molecule has 0 unspecified atom stereocenters. The lowest BCUT2D eigenvalue weighted by Crippen LogP contribution is -2.25. The van der Waals surface area contributed by atoms with Gasteiger partial charge in [0.05, 0.1) is 0 Å². The molecule has 1 aromatic rings. The predicted molar refractivity (Wildman–Crippen MR) is 65.8 cm³/mol. The summed E-state index contributed by atoms with van der Waals surface area (Å²) in [6, 6.07) is 0. The molecule has 0 aromatic carbocycles. The molecule has 0 atom stereocenters. The number of carbonyl (C=O) groups excluding carboxylic acids is 1. The molecule has 0 spiro atoms. The highest BCUT2D eigenvalue weighted by Gasteiger charge is 2.13. The molecular formula is C11H20N4O2. The molecule has 1 heterocycles. The third-order valence-electron chi connectivity index (χ3n) is 2.30. The third kappa shape index (κ3) is 4.07. The van der Waals surface area contributed by atoms with Crippen molar-refractivity contribution in [3.63, 3.8) is 0 Å². The number of ether oxygens (including phenoxy) is 1. The van der Waals surface area contributed by atoms with Crippen molar-refractivity contribution in [2.45, 2.75) is 26.3 Å². The fourth-order valence-electron chi connectivity index (χ4n) is 1.47. The van der Waals surface area contributed by atoms with Gasteiger partial charge in [-0.1, -0.05) is 6.92 Å². The van der Waals surface area contributed by atoms with Crippen molar-refractivity contribution in [1.29, 1.82) is 0 Å². The smallest absolute Gasteiger partial charge is 0.256 e. The summed E-state index contributed by atoms with van der Waals surface area (Å²) in [5, 5.41) is 6.85. The Bertz CT molecular complexity index is 362. The second-order valence-corrected chi connectivity index (χ2v) is 3.79. The van der Waals surface area contributed by atoms with E-state index in [4.69, 9.17) is 10.5 Å². The first-order chi connectivity index (χ1) is 8.19. The molecule has 0 fully saturated rings. The average molecular weight is 240 g/mol. The van der Waals surface area contributed by atoms with Crippen LogP contribution in [0, 0.1) is 0 Å². The molecule has 0 aliphatic rings. The predicted octanol–water partition coefficient (Wildman–Crippen LogP) is 0.642. The number of nitrogens with two attached hydrogens (primary N) is 1. The lowest BCUT2D eigenvalue weighted by molar-refractivity contribution is 0.0949. The molecule has 0 bridgehead atoms. The van der Waals surface area contributed by atoms with E-state index >= 15 is 0 Å². The molecule has 0 saturated carbocycles. The van der Waals surface area contributed by atoms with E-state index in [1.807, 2.05) is 6.92 Å². The maximum absolute atomic E-state index is 11.8. The zero-order valence-corrected chi connectivity index (χ0v) is 10.4. The number of carbonyl (C=O) groups is 1. The van der Waals surface area contributed by atoms with Gasteiger partial charge in [0, 0.05) is 33.0 Å². The van der Waals surface area contributed by atoms with Gasteiger partial charge in [-0.3, -0.25) is 9.48 Å². The number of rotatable bonds is 7. The number of nitrogens with one attached hydrogen (secondary N) is 1. The Hall–Kier alpha value is -1.56. The zero-order valence-electron chi connectivity index (χ0n) is 10.4. The number of aromatic nitrogens is 2. The zero-order chi connectivity index (χ0) is 12.7. The number of nitrogens with zero attached hydrogens (tertiary/aromatic N) is 2. The Balaban J connectivity index is 2.50. The lowest BCUT2D eigenvalue weighted by atomic mass is 10.3. The molecule has 3 N–H and O–H groups in total. The molecule has 0 aliphatic heterocycles. The summed E-state index contributed by atoms with van der Waals surface area (Å²) in [6.45, 7) is 4.01. The average Bonchev–Trinajstić information content (AvgIpc) is 2.66. The van der Waals surface area contributed by atoms with Gasteiger partial charge in [0.15, 0.2) is 5.82 Å². The van der Waals surface area contributed by atoms with Crippen molar-refractivity contribution < 1.29 is 9.53 Å². The van der Waals surface area contributed by atoms with Crippen LogP contribution in [0.15, 0.2) is 6.20 Å². The fourth-order valence-corrected chi connectivity index (χ4v) is 1.47. The van der Waals surface area contributed by atoms with Crippen LogP contribution in [-0.4, -0.2) is 35.9 Å². The van der Waals surface area contributed by atoms with Crippen molar-refractivity contribution in [2.24, 2.45) is 0 Å². The largest absolute Gasteiger partial charge is 0.385 e. The lowest BCUT2D eigenvalue weighted by Gasteiger charge is -2.03. The monoisotopic (exact) mass is 240 g/mol. The Morgan fingerprint density at radius 3 is 3.06 bits per heavy atom. The van der Waals surface area contributed by atoms with E-state index < -0.39 is 0 Å². The summed E-state index contributed by atoms with van der Waals surface area (Å²) >= 11 is 0. The molecule has 0 aliphatic carbocycles. The second-order valence-electron chi connectivity index (χ2n) is 3.79. The molecule has 96 valence electrons. The Kier molecular flexibility index (Phi) is 5.48. The molecule has 17 heavy (non-hydrogen) atoms. The van der Waals surface area contributed by atoms with E-state index in [9.17, 15) is 4.79 Å². The number of aryl methyl sites for hydroxylation is 1. The van der Waals surface area contributed by atoms with Crippen molar-refractivity contribution in [3.8, 4) is 0 Å². The maximum Gasteiger partial charge on any atom is 0.256 e. The molecule has 6 nitrogen and oxygen atoms in total. The van der Waals surface area contributed by atoms with E-state index in [1.54, 1.807) is 18.0 Å². The van der Waals surface area contributed by atoms with Crippen LogP contribution < -0.4 is 11.1 Å². The van der Waals surface area contributed by atoms with Crippen molar-refractivity contribution in [3.05, 3.63) is 11.8 Å². The van der Waals surface area contributed by atoms with Gasteiger partial charge in [-0.15, -0.1) is 0 Å². The minimum atomic E-state index is -0.180. The molecule has 1 aromatic heterocycles. The van der Waals surface area contributed by atoms with Crippen LogP contribution in [0.3, 0.4) is 0 Å². The molecule has 1 rings (SSSR count). The summed E-state index contributed by atoms with van der Waals surface area (Å²) in [6.07, 6.45) is 3.42. The summed E-state index contributed by atoms with van der Waals surface area (Å²) in [5.74, 6) is 0.101. The summed E-state index contributed by atoms with van der Waals surface area (Å²) in [7, 11) is 1.63. The normalized spacial score (nSPS) is 10.5. The molecule has 6 heteroatoms. The SMILES string of the molecule is CCCn1cc(C(=O)NCCCOC)c(N)n1. The van der Waals surface area contributed by atoms with Crippen LogP contribution in [-0.2, 0) is 11.3 Å². The summed E-state index contributed by atoms with van der Waals surface area (Å²) < 4.78 is 6.59. The van der Waals surface area contributed by atoms with Gasteiger partial charge in [0.1, 0.15) is 5.56 Å².